The SMILES string of the molecule is CNC(=O)c1ccc(Nc2n[nH]c(N)n2)cc1. The summed E-state index contributed by atoms with van der Waals surface area (Å²) in [6.07, 6.45) is 0. The summed E-state index contributed by atoms with van der Waals surface area (Å²) < 4.78 is 0. The molecule has 88 valence electrons. The Morgan fingerprint density at radius 2 is 2.06 bits per heavy atom. The van der Waals surface area contributed by atoms with Crippen LogP contribution >= 0.6 is 0 Å². The maximum atomic E-state index is 11.3. The highest BCUT2D eigenvalue weighted by atomic mass is 16.1. The quantitative estimate of drug-likeness (QED) is 0.615. The molecule has 0 bridgehead atoms. The second-order valence-corrected chi connectivity index (χ2v) is 3.33. The highest BCUT2D eigenvalue weighted by Crippen LogP contribution is 2.13. The molecule has 0 saturated heterocycles. The minimum Gasteiger partial charge on any atom is -0.368 e. The molecule has 2 aromatic rings. The fraction of sp³-hybridized carbons (Fsp3) is 0.100. The lowest BCUT2D eigenvalue weighted by atomic mass is 10.2. The summed E-state index contributed by atoms with van der Waals surface area (Å²) >= 11 is 0. The zero-order valence-corrected chi connectivity index (χ0v) is 9.19. The van der Waals surface area contributed by atoms with Gasteiger partial charge in [-0.1, -0.05) is 0 Å². The van der Waals surface area contributed by atoms with Gasteiger partial charge >= 0.3 is 0 Å². The number of anilines is 3. The molecule has 17 heavy (non-hydrogen) atoms. The number of nitrogens with two attached hydrogens (primary N) is 1. The van der Waals surface area contributed by atoms with Gasteiger partial charge in [-0.25, -0.2) is 5.10 Å². The van der Waals surface area contributed by atoms with Gasteiger partial charge in [-0.3, -0.25) is 4.79 Å². The molecule has 1 amide bonds. The topological polar surface area (TPSA) is 109 Å². The van der Waals surface area contributed by atoms with Crippen molar-refractivity contribution in [3.63, 3.8) is 0 Å². The standard InChI is InChI=1S/C10H12N6O/c1-12-8(17)6-2-4-7(5-3-6)13-10-14-9(11)15-16-10/h2-5H,1H3,(H,12,17)(H4,11,13,14,15,16). The van der Waals surface area contributed by atoms with E-state index >= 15 is 0 Å². The van der Waals surface area contributed by atoms with E-state index in [9.17, 15) is 4.79 Å². The fourth-order valence-electron chi connectivity index (χ4n) is 1.31. The Morgan fingerprint density at radius 1 is 1.35 bits per heavy atom. The van der Waals surface area contributed by atoms with Crippen molar-refractivity contribution in [2.24, 2.45) is 0 Å². The Labute approximate surface area is 97.4 Å². The Hall–Kier alpha value is -2.57. The normalized spacial score (nSPS) is 9.94. The predicted octanol–water partition coefficient (Wildman–Crippen LogP) is 0.490. The van der Waals surface area contributed by atoms with Crippen molar-refractivity contribution >= 4 is 23.5 Å². The molecule has 0 aliphatic heterocycles. The van der Waals surface area contributed by atoms with Gasteiger partial charge in [-0.2, -0.15) is 4.98 Å². The third-order valence-corrected chi connectivity index (χ3v) is 2.13. The predicted molar refractivity (Wildman–Crippen MR) is 63.9 cm³/mol. The lowest BCUT2D eigenvalue weighted by Crippen LogP contribution is -2.17. The number of aromatic nitrogens is 3. The second-order valence-electron chi connectivity index (χ2n) is 3.33. The summed E-state index contributed by atoms with van der Waals surface area (Å²) in [7, 11) is 1.59. The average molecular weight is 232 g/mol. The van der Waals surface area contributed by atoms with Crippen LogP contribution in [0.3, 0.4) is 0 Å². The summed E-state index contributed by atoms with van der Waals surface area (Å²) in [6, 6.07) is 6.93. The highest BCUT2D eigenvalue weighted by Gasteiger charge is 2.03. The lowest BCUT2D eigenvalue weighted by molar-refractivity contribution is 0.0963. The Bertz CT molecular complexity index is 518. The maximum Gasteiger partial charge on any atom is 0.251 e. The summed E-state index contributed by atoms with van der Waals surface area (Å²) in [4.78, 5) is 15.2. The molecule has 0 aliphatic rings. The van der Waals surface area contributed by atoms with Crippen molar-refractivity contribution in [3.05, 3.63) is 29.8 Å². The molecule has 7 nitrogen and oxygen atoms in total. The molecule has 5 N–H and O–H groups in total. The molecule has 7 heteroatoms. The van der Waals surface area contributed by atoms with Gasteiger partial charge in [0.05, 0.1) is 0 Å². The van der Waals surface area contributed by atoms with Crippen molar-refractivity contribution in [2.75, 3.05) is 18.1 Å². The monoisotopic (exact) mass is 232 g/mol. The number of carbonyl (C=O) groups is 1. The molecule has 2 rings (SSSR count). The van der Waals surface area contributed by atoms with Gasteiger partial charge in [0.2, 0.25) is 11.9 Å². The lowest BCUT2D eigenvalue weighted by Gasteiger charge is -2.03. The number of carbonyl (C=O) groups excluding carboxylic acids is 1. The van der Waals surface area contributed by atoms with Crippen molar-refractivity contribution < 1.29 is 4.79 Å². The minimum absolute atomic E-state index is 0.126. The van der Waals surface area contributed by atoms with Gasteiger partial charge in [0.1, 0.15) is 0 Å². The van der Waals surface area contributed by atoms with Crippen LogP contribution in [0.2, 0.25) is 0 Å². The van der Waals surface area contributed by atoms with Crippen LogP contribution in [-0.2, 0) is 0 Å². The molecule has 1 aromatic carbocycles. The molecular weight excluding hydrogens is 220 g/mol. The van der Waals surface area contributed by atoms with E-state index in [4.69, 9.17) is 5.73 Å². The van der Waals surface area contributed by atoms with E-state index in [2.05, 4.69) is 25.8 Å². The zero-order chi connectivity index (χ0) is 12.3. The number of hydrogen-bond acceptors (Lipinski definition) is 5. The number of nitrogens with one attached hydrogen (secondary N) is 3. The number of hydrogen-bond donors (Lipinski definition) is 4. The van der Waals surface area contributed by atoms with E-state index in [-0.39, 0.29) is 11.9 Å². The van der Waals surface area contributed by atoms with Crippen LogP contribution in [0.5, 0.6) is 0 Å². The first-order valence-corrected chi connectivity index (χ1v) is 4.96. The van der Waals surface area contributed by atoms with E-state index in [0.717, 1.165) is 5.69 Å². The van der Waals surface area contributed by atoms with Crippen molar-refractivity contribution in [1.82, 2.24) is 20.5 Å². The van der Waals surface area contributed by atoms with Crippen molar-refractivity contribution in [2.45, 2.75) is 0 Å². The van der Waals surface area contributed by atoms with E-state index in [1.165, 1.54) is 0 Å². The zero-order valence-electron chi connectivity index (χ0n) is 9.19. The summed E-state index contributed by atoms with van der Waals surface area (Å²) in [5.41, 5.74) is 6.76. The number of aromatic amines is 1. The first-order chi connectivity index (χ1) is 8.19. The van der Waals surface area contributed by atoms with Crippen LogP contribution in [0, 0.1) is 0 Å². The summed E-state index contributed by atoms with van der Waals surface area (Å²) in [5, 5.41) is 11.8. The number of rotatable bonds is 3. The highest BCUT2D eigenvalue weighted by molar-refractivity contribution is 5.94. The average Bonchev–Trinajstić information content (AvgIpc) is 2.75. The van der Waals surface area contributed by atoms with E-state index in [1.807, 2.05) is 0 Å². The fourth-order valence-corrected chi connectivity index (χ4v) is 1.31. The van der Waals surface area contributed by atoms with Crippen molar-refractivity contribution in [1.29, 1.82) is 0 Å². The molecule has 0 fully saturated rings. The van der Waals surface area contributed by atoms with E-state index in [1.54, 1.807) is 31.3 Å². The van der Waals surface area contributed by atoms with Gasteiger partial charge in [0.25, 0.3) is 5.91 Å². The largest absolute Gasteiger partial charge is 0.368 e. The van der Waals surface area contributed by atoms with Crippen molar-refractivity contribution in [3.8, 4) is 0 Å². The van der Waals surface area contributed by atoms with Gasteiger partial charge in [0.15, 0.2) is 0 Å². The maximum absolute atomic E-state index is 11.3. The third-order valence-electron chi connectivity index (χ3n) is 2.13. The number of benzene rings is 1. The number of H-pyrrole nitrogens is 1. The van der Waals surface area contributed by atoms with E-state index < -0.39 is 0 Å². The molecule has 0 atom stereocenters. The smallest absolute Gasteiger partial charge is 0.251 e. The van der Waals surface area contributed by atoms with Crippen LogP contribution in [0.25, 0.3) is 0 Å². The van der Waals surface area contributed by atoms with Crippen LogP contribution in [0.4, 0.5) is 17.6 Å². The number of nitrogen functional groups attached to an aromatic ring is 1. The summed E-state index contributed by atoms with van der Waals surface area (Å²) in [6.45, 7) is 0. The van der Waals surface area contributed by atoms with Crippen LogP contribution in [0.1, 0.15) is 10.4 Å². The minimum atomic E-state index is -0.126. The van der Waals surface area contributed by atoms with E-state index in [0.29, 0.717) is 11.5 Å². The Morgan fingerprint density at radius 3 is 2.59 bits per heavy atom. The summed E-state index contributed by atoms with van der Waals surface area (Å²) in [5.74, 6) is 0.503. The Balaban J connectivity index is 2.10. The van der Waals surface area contributed by atoms with Gasteiger partial charge in [-0.05, 0) is 24.3 Å². The molecule has 0 radical (unpaired) electrons. The van der Waals surface area contributed by atoms with Crippen LogP contribution in [-0.4, -0.2) is 28.1 Å². The Kier molecular flexibility index (Phi) is 2.91. The molecule has 0 unspecified atom stereocenters. The van der Waals surface area contributed by atoms with Gasteiger partial charge < -0.3 is 16.4 Å². The molecular formula is C10H12N6O. The van der Waals surface area contributed by atoms with Crippen LogP contribution in [0.15, 0.2) is 24.3 Å². The van der Waals surface area contributed by atoms with Gasteiger partial charge in [0, 0.05) is 18.3 Å². The molecule has 1 heterocycles. The first-order valence-electron chi connectivity index (χ1n) is 4.96. The van der Waals surface area contributed by atoms with Crippen LogP contribution < -0.4 is 16.4 Å². The first kappa shape index (κ1) is 10.9. The molecule has 0 saturated carbocycles. The third kappa shape index (κ3) is 2.51. The number of amides is 1. The number of nitrogens with zero attached hydrogens (tertiary/aromatic N) is 2. The molecule has 0 aliphatic carbocycles. The second kappa shape index (κ2) is 4.52. The van der Waals surface area contributed by atoms with Gasteiger partial charge in [-0.15, -0.1) is 5.10 Å². The molecule has 0 spiro atoms. The molecule has 1 aromatic heterocycles.